The van der Waals surface area contributed by atoms with Crippen LogP contribution in [0.1, 0.15) is 83.9 Å². The van der Waals surface area contributed by atoms with Gasteiger partial charge < -0.3 is 39.9 Å². The molecule has 0 fully saturated rings. The zero-order valence-electron chi connectivity index (χ0n) is 63.8. The first-order valence-corrected chi connectivity index (χ1v) is 36.1. The minimum absolute atomic E-state index is 0.126. The molecule has 14 heteroatoms. The SMILES string of the molecule is CC(=O)n1c(-c2cc(C)c(O)c(C)c2)nc(-c2ccc(N(C)C)cc2)c1-c1ccc(N(C)C)cc1.CCN(CC)c1ccc(-c2nc(-c3cc(C)c(O)c(C)c3)n(-c3ccccc3)c2-c2ccc(N(CC)CC)cc2)cc1.Cc1ccc(-c2nc(-c3cc(C)c(O)c(C)c3)[nH]c2-c2ccc(C)cc2)cc1. The van der Waals surface area contributed by atoms with Gasteiger partial charge in [-0.15, -0.1) is 0 Å². The van der Waals surface area contributed by atoms with Crippen LogP contribution in [0.2, 0.25) is 0 Å². The number of aromatic amines is 1. The average molecular weight is 1400 g/mol. The molecule has 0 aliphatic heterocycles. The number of carbonyl (C=O) groups excluding carboxylic acids is 1. The summed E-state index contributed by atoms with van der Waals surface area (Å²) in [5, 5.41) is 31.0. The van der Waals surface area contributed by atoms with Crippen molar-refractivity contribution >= 4 is 28.7 Å². The van der Waals surface area contributed by atoms with Gasteiger partial charge in [-0.25, -0.2) is 15.0 Å². The smallest absolute Gasteiger partial charge is 0.229 e. The first-order valence-electron chi connectivity index (χ1n) is 36.1. The van der Waals surface area contributed by atoms with E-state index in [0.717, 1.165) is 173 Å². The summed E-state index contributed by atoms with van der Waals surface area (Å²) in [7, 11) is 8.01. The Labute approximate surface area is 619 Å². The minimum atomic E-state index is -0.126. The summed E-state index contributed by atoms with van der Waals surface area (Å²) in [5.41, 5.74) is 27.2. The van der Waals surface area contributed by atoms with Crippen molar-refractivity contribution in [3.8, 4) is 125 Å². The quantitative estimate of drug-likeness (QED) is 0.0649. The molecule has 4 N–H and O–H groups in total. The second-order valence-corrected chi connectivity index (χ2v) is 27.5. The van der Waals surface area contributed by atoms with E-state index in [1.165, 1.54) is 22.5 Å². The van der Waals surface area contributed by atoms with Crippen LogP contribution in [0.3, 0.4) is 0 Å². The predicted molar refractivity (Wildman–Crippen MR) is 438 cm³/mol. The lowest BCUT2D eigenvalue weighted by molar-refractivity contribution is 0.0940. The first-order chi connectivity index (χ1) is 50.4. The molecule has 0 amide bonds. The van der Waals surface area contributed by atoms with Gasteiger partial charge in [-0.05, 0) is 214 Å². The van der Waals surface area contributed by atoms with Gasteiger partial charge in [0.25, 0.3) is 0 Å². The number of aromatic hydroxyl groups is 3. The molecule has 0 unspecified atom stereocenters. The second kappa shape index (κ2) is 32.2. The number of phenolic OH excluding ortho intramolecular Hbond substituents is 3. The van der Waals surface area contributed by atoms with Crippen LogP contribution >= 0.6 is 0 Å². The lowest BCUT2D eigenvalue weighted by Crippen LogP contribution is -2.21. The molecule has 13 rings (SSSR count). The highest BCUT2D eigenvalue weighted by atomic mass is 16.3. The van der Waals surface area contributed by atoms with Gasteiger partial charge in [0.2, 0.25) is 5.91 Å². The maximum absolute atomic E-state index is 13.1. The number of para-hydroxylation sites is 1. The third-order valence-electron chi connectivity index (χ3n) is 19.6. The lowest BCUT2D eigenvalue weighted by atomic mass is 10.0. The Morgan fingerprint density at radius 1 is 0.371 bits per heavy atom. The molecule has 13 aromatic rings. The molecule has 536 valence electrons. The zero-order valence-corrected chi connectivity index (χ0v) is 63.8. The summed E-state index contributed by atoms with van der Waals surface area (Å²) in [5.74, 6) is 3.01. The van der Waals surface area contributed by atoms with Gasteiger partial charge in [-0.3, -0.25) is 13.9 Å². The molecule has 0 saturated heterocycles. The van der Waals surface area contributed by atoms with Gasteiger partial charge in [0.05, 0.1) is 34.2 Å². The number of benzene rings is 10. The Morgan fingerprint density at radius 2 is 0.705 bits per heavy atom. The van der Waals surface area contributed by atoms with Crippen molar-refractivity contribution in [1.29, 1.82) is 0 Å². The molecule has 0 atom stereocenters. The Balaban J connectivity index is 0.000000161. The molecule has 105 heavy (non-hydrogen) atoms. The van der Waals surface area contributed by atoms with E-state index in [4.69, 9.17) is 15.0 Å². The normalized spacial score (nSPS) is 11.0. The highest BCUT2D eigenvalue weighted by molar-refractivity contribution is 5.94. The van der Waals surface area contributed by atoms with Crippen LogP contribution in [0.25, 0.3) is 107 Å². The fourth-order valence-electron chi connectivity index (χ4n) is 13.6. The van der Waals surface area contributed by atoms with Crippen LogP contribution < -0.4 is 19.6 Å². The third kappa shape index (κ3) is 16.0. The van der Waals surface area contributed by atoms with Gasteiger partial charge >= 0.3 is 0 Å². The number of nitrogens with one attached hydrogen (secondary N) is 1. The van der Waals surface area contributed by atoms with Crippen molar-refractivity contribution in [2.45, 2.75) is 90.0 Å². The van der Waals surface area contributed by atoms with Crippen molar-refractivity contribution in [2.75, 3.05) is 74.0 Å². The molecule has 3 aromatic heterocycles. The third-order valence-corrected chi connectivity index (χ3v) is 19.6. The van der Waals surface area contributed by atoms with Crippen molar-refractivity contribution in [3.05, 3.63) is 257 Å². The van der Waals surface area contributed by atoms with E-state index in [1.807, 2.05) is 158 Å². The van der Waals surface area contributed by atoms with Gasteiger partial charge in [-0.2, -0.15) is 0 Å². The first kappa shape index (κ1) is 74.3. The molecule has 0 spiro atoms. The van der Waals surface area contributed by atoms with Gasteiger partial charge in [0.1, 0.15) is 34.7 Å². The number of aryl methyl sites for hydroxylation is 8. The summed E-state index contributed by atoms with van der Waals surface area (Å²) in [4.78, 5) is 40.8. The van der Waals surface area contributed by atoms with Crippen molar-refractivity contribution in [2.24, 2.45) is 0 Å². The van der Waals surface area contributed by atoms with E-state index in [9.17, 15) is 20.1 Å². The van der Waals surface area contributed by atoms with E-state index in [1.54, 1.807) is 11.5 Å². The molecular weight excluding hydrogens is 1300 g/mol. The predicted octanol–water partition coefficient (Wildman–Crippen LogP) is 21.2. The number of H-pyrrole nitrogens is 1. The number of carbonyl (C=O) groups is 1. The molecule has 0 aliphatic carbocycles. The zero-order chi connectivity index (χ0) is 75.1. The number of aromatic nitrogens is 6. The number of phenols is 3. The van der Waals surface area contributed by atoms with Crippen LogP contribution in [-0.2, 0) is 0 Å². The van der Waals surface area contributed by atoms with E-state index in [0.29, 0.717) is 17.3 Å². The summed E-state index contributed by atoms with van der Waals surface area (Å²) in [6.45, 7) is 29.8. The molecule has 0 aliphatic rings. The van der Waals surface area contributed by atoms with Crippen LogP contribution in [0.4, 0.5) is 22.7 Å². The van der Waals surface area contributed by atoms with E-state index >= 15 is 0 Å². The Morgan fingerprint density at radius 3 is 1.10 bits per heavy atom. The summed E-state index contributed by atoms with van der Waals surface area (Å²) in [6, 6.07) is 73.1. The van der Waals surface area contributed by atoms with E-state index in [-0.39, 0.29) is 11.7 Å². The van der Waals surface area contributed by atoms with Crippen LogP contribution in [-0.4, -0.2) is 105 Å². The van der Waals surface area contributed by atoms with E-state index < -0.39 is 0 Å². The molecule has 0 bridgehead atoms. The molecule has 0 saturated carbocycles. The monoisotopic (exact) mass is 1390 g/mol. The maximum Gasteiger partial charge on any atom is 0.229 e. The highest BCUT2D eigenvalue weighted by Crippen LogP contribution is 2.44. The molecule has 10 aromatic carbocycles. The number of hydrogen-bond acceptors (Lipinski definition) is 11. The van der Waals surface area contributed by atoms with Crippen LogP contribution in [0, 0.1) is 55.4 Å². The lowest BCUT2D eigenvalue weighted by Gasteiger charge is -2.22. The van der Waals surface area contributed by atoms with Gasteiger partial charge in [-0.1, -0.05) is 126 Å². The number of nitrogens with zero attached hydrogens (tertiary/aromatic N) is 9. The maximum atomic E-state index is 13.1. The summed E-state index contributed by atoms with van der Waals surface area (Å²) >= 11 is 0. The number of hydrogen-bond donors (Lipinski definition) is 4. The minimum Gasteiger partial charge on any atom is -0.507 e. The molecule has 0 radical (unpaired) electrons. The fourth-order valence-corrected chi connectivity index (χ4v) is 13.6. The standard InChI is InChI=1S/C37H42N4O.C29H32N4O2.C25H24N2O/c1-7-39(8-2)31-20-16-28(17-21-31)34-35(29-18-22-32(23-19-29)40(9-3)10-4)41(33-14-12-11-13-15-33)37(38-34)30-24-26(5)36(42)27(6)25-30;1-18-16-23(17-19(2)28(18)35)29-30-26(21-8-12-24(13-9-21)31(4)5)27(33(29)20(3)34)22-10-14-25(15-11-22)32(6)7;1-15-5-9-19(10-6-15)22-23(20-11-7-16(2)8-12-20)27-25(26-22)21-13-17(3)24(28)18(4)14-21/h11-25,42H,7-10H2,1-6H3;8-17,35H,1-7H3;5-14,28H,1-4H3,(H,26,27). The Hall–Kier alpha value is -11.9. The van der Waals surface area contributed by atoms with E-state index in [2.05, 4.69) is 194 Å². The largest absolute Gasteiger partial charge is 0.507 e. The van der Waals surface area contributed by atoms with Crippen molar-refractivity contribution in [1.82, 2.24) is 29.1 Å². The molecule has 3 heterocycles. The average Bonchev–Trinajstić information content (AvgIpc) is 1.61. The second-order valence-electron chi connectivity index (χ2n) is 27.5. The topological polar surface area (TPSA) is 155 Å². The number of anilines is 4. The number of imidazole rings is 3. The summed E-state index contributed by atoms with van der Waals surface area (Å²) < 4.78 is 3.95. The Kier molecular flexibility index (Phi) is 22.8. The molecular formula is C91H98N10O4. The van der Waals surface area contributed by atoms with Crippen LogP contribution in [0.15, 0.2) is 212 Å². The number of rotatable bonds is 18. The summed E-state index contributed by atoms with van der Waals surface area (Å²) in [6.07, 6.45) is 0. The fraction of sp³-hybridized carbons (Fsp3) is 0.231. The van der Waals surface area contributed by atoms with Gasteiger partial charge in [0.15, 0.2) is 0 Å². The van der Waals surface area contributed by atoms with Gasteiger partial charge in [0, 0.05) is 140 Å². The Bertz CT molecular complexity index is 5040. The van der Waals surface area contributed by atoms with Crippen molar-refractivity contribution < 1.29 is 20.1 Å². The van der Waals surface area contributed by atoms with Crippen molar-refractivity contribution in [3.63, 3.8) is 0 Å². The van der Waals surface area contributed by atoms with Crippen LogP contribution in [0.5, 0.6) is 17.2 Å². The highest BCUT2D eigenvalue weighted by Gasteiger charge is 2.27. The molecule has 14 nitrogen and oxygen atoms in total.